The molecule has 106 valence electrons. The van der Waals surface area contributed by atoms with Crippen molar-refractivity contribution in [3.63, 3.8) is 0 Å². The number of benzene rings is 2. The Hall–Kier alpha value is -0.440. The topological polar surface area (TPSA) is 12.0 Å². The van der Waals surface area contributed by atoms with Crippen molar-refractivity contribution in [2.45, 2.75) is 12.5 Å². The molecule has 1 N–H and O–H groups in total. The quantitative estimate of drug-likeness (QED) is 0.735. The van der Waals surface area contributed by atoms with Gasteiger partial charge in [-0.25, -0.2) is 0 Å². The van der Waals surface area contributed by atoms with Crippen LogP contribution in [0.3, 0.4) is 0 Å². The van der Waals surface area contributed by atoms with Gasteiger partial charge in [0.1, 0.15) is 0 Å². The molecular formula is C15H13Cl4N. The Morgan fingerprint density at radius 2 is 1.60 bits per heavy atom. The van der Waals surface area contributed by atoms with Crippen LogP contribution in [0.4, 0.5) is 0 Å². The van der Waals surface area contributed by atoms with E-state index in [2.05, 4.69) is 5.32 Å². The smallest absolute Gasteiger partial charge is 0.0454 e. The van der Waals surface area contributed by atoms with Crippen molar-refractivity contribution >= 4 is 46.4 Å². The van der Waals surface area contributed by atoms with Gasteiger partial charge in [0, 0.05) is 26.1 Å². The van der Waals surface area contributed by atoms with E-state index < -0.39 is 0 Å². The average Bonchev–Trinajstić information content (AvgIpc) is 2.42. The highest BCUT2D eigenvalue weighted by Gasteiger charge is 2.17. The van der Waals surface area contributed by atoms with Crippen molar-refractivity contribution in [2.75, 3.05) is 7.05 Å². The lowest BCUT2D eigenvalue weighted by Gasteiger charge is -2.20. The Kier molecular flexibility index (Phi) is 5.59. The van der Waals surface area contributed by atoms with E-state index >= 15 is 0 Å². The molecular weight excluding hydrogens is 336 g/mol. The SMILES string of the molecule is CNC(Cc1c(Cl)cccc1Cl)c1cc(Cl)ccc1Cl. The Morgan fingerprint density at radius 3 is 2.20 bits per heavy atom. The molecule has 1 unspecified atom stereocenters. The van der Waals surface area contributed by atoms with Crippen LogP contribution in [-0.2, 0) is 6.42 Å². The molecule has 1 atom stereocenters. The van der Waals surface area contributed by atoms with Crippen molar-refractivity contribution in [3.8, 4) is 0 Å². The van der Waals surface area contributed by atoms with Gasteiger partial charge in [-0.15, -0.1) is 0 Å². The Morgan fingerprint density at radius 1 is 0.950 bits per heavy atom. The molecule has 2 rings (SSSR count). The lowest BCUT2D eigenvalue weighted by atomic mass is 9.99. The first kappa shape index (κ1) is 15.9. The standard InChI is InChI=1S/C15H13Cl4N/c1-20-15(11-7-9(16)5-6-14(11)19)8-10-12(17)3-2-4-13(10)18/h2-7,15,20H,8H2,1H3. The zero-order valence-electron chi connectivity index (χ0n) is 10.8. The monoisotopic (exact) mass is 347 g/mol. The fourth-order valence-electron chi connectivity index (χ4n) is 2.08. The zero-order chi connectivity index (χ0) is 14.7. The summed E-state index contributed by atoms with van der Waals surface area (Å²) in [5, 5.41) is 5.84. The van der Waals surface area contributed by atoms with Gasteiger partial charge in [0.25, 0.3) is 0 Å². The molecule has 0 saturated carbocycles. The number of rotatable bonds is 4. The molecule has 0 radical (unpaired) electrons. The van der Waals surface area contributed by atoms with Crippen LogP contribution in [0.25, 0.3) is 0 Å². The number of halogens is 4. The summed E-state index contributed by atoms with van der Waals surface area (Å²) < 4.78 is 0. The van der Waals surface area contributed by atoms with E-state index in [9.17, 15) is 0 Å². The van der Waals surface area contributed by atoms with Crippen LogP contribution in [0, 0.1) is 0 Å². The van der Waals surface area contributed by atoms with Crippen molar-refractivity contribution in [1.82, 2.24) is 5.32 Å². The summed E-state index contributed by atoms with van der Waals surface area (Å²) in [7, 11) is 1.87. The van der Waals surface area contributed by atoms with E-state index in [0.717, 1.165) is 11.1 Å². The summed E-state index contributed by atoms with van der Waals surface area (Å²) >= 11 is 24.7. The highest BCUT2D eigenvalue weighted by molar-refractivity contribution is 6.36. The van der Waals surface area contributed by atoms with Gasteiger partial charge in [0.15, 0.2) is 0 Å². The second-order valence-corrected chi connectivity index (χ2v) is 6.07. The molecule has 2 aromatic rings. The van der Waals surface area contributed by atoms with E-state index in [1.807, 2.05) is 31.3 Å². The Labute approximate surface area is 138 Å². The van der Waals surface area contributed by atoms with Crippen LogP contribution in [0.5, 0.6) is 0 Å². The molecule has 0 amide bonds. The fourth-order valence-corrected chi connectivity index (χ4v) is 3.06. The van der Waals surface area contributed by atoms with Gasteiger partial charge in [-0.3, -0.25) is 0 Å². The van der Waals surface area contributed by atoms with E-state index in [1.165, 1.54) is 0 Å². The third-order valence-corrected chi connectivity index (χ3v) is 4.44. The molecule has 0 fully saturated rings. The summed E-state index contributed by atoms with van der Waals surface area (Å²) in [6, 6.07) is 10.9. The van der Waals surface area contributed by atoms with Crippen molar-refractivity contribution in [2.24, 2.45) is 0 Å². The van der Waals surface area contributed by atoms with Crippen LogP contribution in [0.1, 0.15) is 17.2 Å². The van der Waals surface area contributed by atoms with E-state index in [4.69, 9.17) is 46.4 Å². The Bertz CT molecular complexity index is 593. The summed E-state index contributed by atoms with van der Waals surface area (Å²) in [5.41, 5.74) is 1.82. The molecule has 0 aromatic heterocycles. The first-order valence-corrected chi connectivity index (χ1v) is 7.59. The fraction of sp³-hybridized carbons (Fsp3) is 0.200. The summed E-state index contributed by atoms with van der Waals surface area (Å²) in [6.45, 7) is 0. The van der Waals surface area contributed by atoms with Gasteiger partial charge in [-0.05, 0) is 54.9 Å². The summed E-state index contributed by atoms with van der Waals surface area (Å²) in [4.78, 5) is 0. The van der Waals surface area contributed by atoms with Gasteiger partial charge in [-0.2, -0.15) is 0 Å². The molecule has 2 aromatic carbocycles. The molecule has 0 saturated heterocycles. The maximum Gasteiger partial charge on any atom is 0.0454 e. The van der Waals surface area contributed by atoms with Gasteiger partial charge in [-0.1, -0.05) is 52.5 Å². The van der Waals surface area contributed by atoms with Crippen LogP contribution < -0.4 is 5.32 Å². The van der Waals surface area contributed by atoms with Crippen LogP contribution >= 0.6 is 46.4 Å². The van der Waals surface area contributed by atoms with Crippen molar-refractivity contribution < 1.29 is 0 Å². The molecule has 0 aliphatic carbocycles. The molecule has 0 aliphatic heterocycles. The lowest BCUT2D eigenvalue weighted by Crippen LogP contribution is -2.19. The average molecular weight is 349 g/mol. The number of hydrogen-bond acceptors (Lipinski definition) is 1. The largest absolute Gasteiger partial charge is 0.313 e. The molecule has 1 nitrogen and oxygen atoms in total. The number of hydrogen-bond donors (Lipinski definition) is 1. The molecule has 0 bridgehead atoms. The molecule has 0 heterocycles. The minimum absolute atomic E-state index is 0.0152. The van der Waals surface area contributed by atoms with Crippen molar-refractivity contribution in [1.29, 1.82) is 0 Å². The number of likely N-dealkylation sites (N-methyl/N-ethyl adjacent to an activating group) is 1. The summed E-state index contributed by atoms with van der Waals surface area (Å²) in [5.74, 6) is 0. The van der Waals surface area contributed by atoms with E-state index in [0.29, 0.717) is 26.5 Å². The maximum absolute atomic E-state index is 6.25. The third-order valence-electron chi connectivity index (χ3n) is 3.15. The predicted molar refractivity (Wildman–Crippen MR) is 88.4 cm³/mol. The molecule has 0 aliphatic rings. The predicted octanol–water partition coefficient (Wildman–Crippen LogP) is 5.80. The minimum Gasteiger partial charge on any atom is -0.313 e. The second kappa shape index (κ2) is 7.02. The van der Waals surface area contributed by atoms with E-state index in [-0.39, 0.29) is 6.04 Å². The number of nitrogens with one attached hydrogen (secondary N) is 1. The third kappa shape index (κ3) is 3.60. The molecule has 0 spiro atoms. The van der Waals surface area contributed by atoms with Crippen LogP contribution in [-0.4, -0.2) is 7.05 Å². The van der Waals surface area contributed by atoms with Crippen molar-refractivity contribution in [3.05, 3.63) is 67.6 Å². The van der Waals surface area contributed by atoms with Gasteiger partial charge < -0.3 is 5.32 Å². The highest BCUT2D eigenvalue weighted by atomic mass is 35.5. The van der Waals surface area contributed by atoms with Gasteiger partial charge >= 0.3 is 0 Å². The molecule has 20 heavy (non-hydrogen) atoms. The second-order valence-electron chi connectivity index (χ2n) is 4.41. The van der Waals surface area contributed by atoms with Crippen LogP contribution in [0.15, 0.2) is 36.4 Å². The minimum atomic E-state index is -0.0152. The lowest BCUT2D eigenvalue weighted by molar-refractivity contribution is 0.592. The normalized spacial score (nSPS) is 12.4. The zero-order valence-corrected chi connectivity index (χ0v) is 13.8. The maximum atomic E-state index is 6.25. The first-order chi connectivity index (χ1) is 9.52. The van der Waals surface area contributed by atoms with Gasteiger partial charge in [0.05, 0.1) is 0 Å². The highest BCUT2D eigenvalue weighted by Crippen LogP contribution is 2.32. The molecule has 5 heteroatoms. The van der Waals surface area contributed by atoms with Gasteiger partial charge in [0.2, 0.25) is 0 Å². The van der Waals surface area contributed by atoms with Crippen LogP contribution in [0.2, 0.25) is 20.1 Å². The van der Waals surface area contributed by atoms with E-state index in [1.54, 1.807) is 12.1 Å². The Balaban J connectivity index is 2.36. The summed E-state index contributed by atoms with van der Waals surface area (Å²) in [6.07, 6.45) is 0.634. The first-order valence-electron chi connectivity index (χ1n) is 6.08.